The SMILES string of the molecule is CC(C)(CNC(=O)C1(C#N)CC1)c1ccc[nH]1. The molecule has 0 bridgehead atoms. The standard InChI is InChI=1S/C13H17N3O/c1-12(2,10-4-3-7-15-10)9-16-11(17)13(8-14)5-6-13/h3-4,7,15H,5-6,9H2,1-2H3,(H,16,17). The van der Waals surface area contributed by atoms with Crippen molar-refractivity contribution in [2.75, 3.05) is 6.54 Å². The van der Waals surface area contributed by atoms with Crippen LogP contribution in [-0.2, 0) is 10.2 Å². The maximum Gasteiger partial charge on any atom is 0.240 e. The highest BCUT2D eigenvalue weighted by molar-refractivity contribution is 5.88. The maximum atomic E-state index is 11.8. The smallest absolute Gasteiger partial charge is 0.240 e. The lowest BCUT2D eigenvalue weighted by Crippen LogP contribution is -2.40. The molecule has 0 radical (unpaired) electrons. The van der Waals surface area contributed by atoms with Crippen LogP contribution >= 0.6 is 0 Å². The number of rotatable bonds is 4. The van der Waals surface area contributed by atoms with E-state index < -0.39 is 5.41 Å². The van der Waals surface area contributed by atoms with Crippen LogP contribution in [0.5, 0.6) is 0 Å². The van der Waals surface area contributed by atoms with Crippen molar-refractivity contribution >= 4 is 5.91 Å². The van der Waals surface area contributed by atoms with Gasteiger partial charge < -0.3 is 10.3 Å². The van der Waals surface area contributed by atoms with Crippen molar-refractivity contribution in [3.8, 4) is 6.07 Å². The normalized spacial score (nSPS) is 17.2. The Morgan fingerprint density at radius 2 is 2.35 bits per heavy atom. The average molecular weight is 231 g/mol. The summed E-state index contributed by atoms with van der Waals surface area (Å²) >= 11 is 0. The van der Waals surface area contributed by atoms with Gasteiger partial charge in [-0.3, -0.25) is 4.79 Å². The molecule has 0 spiro atoms. The Morgan fingerprint density at radius 1 is 1.65 bits per heavy atom. The van der Waals surface area contributed by atoms with Crippen LogP contribution in [0.1, 0.15) is 32.4 Å². The zero-order valence-electron chi connectivity index (χ0n) is 10.2. The topological polar surface area (TPSA) is 68.7 Å². The Hall–Kier alpha value is -1.76. The minimum atomic E-state index is -0.730. The van der Waals surface area contributed by atoms with E-state index >= 15 is 0 Å². The summed E-state index contributed by atoms with van der Waals surface area (Å²) in [5.74, 6) is -0.125. The van der Waals surface area contributed by atoms with Gasteiger partial charge in [-0.2, -0.15) is 5.26 Å². The van der Waals surface area contributed by atoms with E-state index in [0.29, 0.717) is 19.4 Å². The van der Waals surface area contributed by atoms with Crippen molar-refractivity contribution in [1.82, 2.24) is 10.3 Å². The van der Waals surface area contributed by atoms with Crippen molar-refractivity contribution in [2.24, 2.45) is 5.41 Å². The van der Waals surface area contributed by atoms with E-state index in [2.05, 4.69) is 30.2 Å². The summed E-state index contributed by atoms with van der Waals surface area (Å²) in [5.41, 5.74) is 0.205. The van der Waals surface area contributed by atoms with Crippen LogP contribution in [0, 0.1) is 16.7 Å². The lowest BCUT2D eigenvalue weighted by atomic mass is 9.89. The minimum Gasteiger partial charge on any atom is -0.364 e. The van der Waals surface area contributed by atoms with E-state index in [1.54, 1.807) is 0 Å². The molecule has 1 aliphatic carbocycles. The van der Waals surface area contributed by atoms with Gasteiger partial charge in [-0.1, -0.05) is 13.8 Å². The van der Waals surface area contributed by atoms with Gasteiger partial charge in [0.05, 0.1) is 6.07 Å². The number of aromatic amines is 1. The molecule has 1 aromatic rings. The van der Waals surface area contributed by atoms with Crippen LogP contribution in [0.15, 0.2) is 18.3 Å². The number of carbonyl (C=O) groups excluding carboxylic acids is 1. The van der Waals surface area contributed by atoms with Crippen molar-refractivity contribution in [2.45, 2.75) is 32.1 Å². The summed E-state index contributed by atoms with van der Waals surface area (Å²) in [6, 6.07) is 6.05. The Kier molecular flexibility index (Phi) is 2.70. The first-order valence-corrected chi connectivity index (χ1v) is 5.84. The fourth-order valence-electron chi connectivity index (χ4n) is 1.83. The summed E-state index contributed by atoms with van der Waals surface area (Å²) in [7, 11) is 0. The van der Waals surface area contributed by atoms with Gasteiger partial charge in [0.25, 0.3) is 0 Å². The summed E-state index contributed by atoms with van der Waals surface area (Å²) in [5, 5.41) is 11.8. The molecule has 4 nitrogen and oxygen atoms in total. The van der Waals surface area contributed by atoms with Gasteiger partial charge in [0, 0.05) is 23.9 Å². The fraction of sp³-hybridized carbons (Fsp3) is 0.538. The molecule has 1 saturated carbocycles. The molecule has 4 heteroatoms. The summed E-state index contributed by atoms with van der Waals surface area (Å²) in [6.07, 6.45) is 3.26. The molecule has 0 aromatic carbocycles. The van der Waals surface area contributed by atoms with Crippen LogP contribution in [0.2, 0.25) is 0 Å². The number of nitrogens with zero attached hydrogens (tertiary/aromatic N) is 1. The van der Waals surface area contributed by atoms with Crippen molar-refractivity contribution < 1.29 is 4.79 Å². The molecule has 0 saturated heterocycles. The van der Waals surface area contributed by atoms with Crippen molar-refractivity contribution in [1.29, 1.82) is 5.26 Å². The van der Waals surface area contributed by atoms with E-state index in [1.165, 1.54) is 0 Å². The summed E-state index contributed by atoms with van der Waals surface area (Å²) in [6.45, 7) is 4.66. The first kappa shape index (κ1) is 11.7. The van der Waals surface area contributed by atoms with Crippen LogP contribution in [0.25, 0.3) is 0 Å². The quantitative estimate of drug-likeness (QED) is 0.828. The molecule has 1 amide bonds. The van der Waals surface area contributed by atoms with Gasteiger partial charge in [0.1, 0.15) is 5.41 Å². The van der Waals surface area contributed by atoms with E-state index in [-0.39, 0.29) is 11.3 Å². The van der Waals surface area contributed by atoms with Gasteiger partial charge in [0.2, 0.25) is 5.91 Å². The molecule has 0 unspecified atom stereocenters. The monoisotopic (exact) mass is 231 g/mol. The second-order valence-electron chi connectivity index (χ2n) is 5.34. The third-order valence-electron chi connectivity index (χ3n) is 3.42. The largest absolute Gasteiger partial charge is 0.364 e. The summed E-state index contributed by atoms with van der Waals surface area (Å²) < 4.78 is 0. The molecule has 0 aliphatic heterocycles. The number of hydrogen-bond acceptors (Lipinski definition) is 2. The molecule has 1 aliphatic rings. The molecule has 17 heavy (non-hydrogen) atoms. The number of H-pyrrole nitrogens is 1. The van der Waals surface area contributed by atoms with E-state index in [9.17, 15) is 4.79 Å². The number of hydrogen-bond donors (Lipinski definition) is 2. The lowest BCUT2D eigenvalue weighted by molar-refractivity contribution is -0.124. The number of carbonyl (C=O) groups is 1. The lowest BCUT2D eigenvalue weighted by Gasteiger charge is -2.24. The van der Waals surface area contributed by atoms with Crippen LogP contribution in [-0.4, -0.2) is 17.4 Å². The molecular weight excluding hydrogens is 214 g/mol. The third-order valence-corrected chi connectivity index (χ3v) is 3.42. The molecule has 1 fully saturated rings. The van der Waals surface area contributed by atoms with Gasteiger partial charge in [0.15, 0.2) is 0 Å². The van der Waals surface area contributed by atoms with Gasteiger partial charge in [-0.25, -0.2) is 0 Å². The third kappa shape index (κ3) is 2.19. The van der Waals surface area contributed by atoms with Gasteiger partial charge in [-0.15, -0.1) is 0 Å². The first-order valence-electron chi connectivity index (χ1n) is 5.84. The molecular formula is C13H17N3O. The molecule has 2 N–H and O–H groups in total. The highest BCUT2D eigenvalue weighted by Crippen LogP contribution is 2.45. The second-order valence-corrected chi connectivity index (χ2v) is 5.34. The minimum absolute atomic E-state index is 0.125. The van der Waals surface area contributed by atoms with Crippen LogP contribution in [0.3, 0.4) is 0 Å². The molecule has 90 valence electrons. The maximum absolute atomic E-state index is 11.8. The Morgan fingerprint density at radius 3 is 2.82 bits per heavy atom. The Labute approximate surface area is 101 Å². The Balaban J connectivity index is 1.95. The molecule has 1 heterocycles. The highest BCUT2D eigenvalue weighted by Gasteiger charge is 2.50. The van der Waals surface area contributed by atoms with Crippen LogP contribution < -0.4 is 5.32 Å². The van der Waals surface area contributed by atoms with E-state index in [4.69, 9.17) is 5.26 Å². The predicted molar refractivity (Wildman–Crippen MR) is 64.1 cm³/mol. The van der Waals surface area contributed by atoms with Crippen molar-refractivity contribution in [3.63, 3.8) is 0 Å². The predicted octanol–water partition coefficient (Wildman–Crippen LogP) is 1.71. The Bertz CT molecular complexity index is 450. The highest BCUT2D eigenvalue weighted by atomic mass is 16.2. The molecule has 1 aromatic heterocycles. The number of nitrogens with one attached hydrogen (secondary N) is 2. The van der Waals surface area contributed by atoms with Crippen molar-refractivity contribution in [3.05, 3.63) is 24.0 Å². The number of amides is 1. The van der Waals surface area contributed by atoms with Crippen LogP contribution in [0.4, 0.5) is 0 Å². The summed E-state index contributed by atoms with van der Waals surface area (Å²) in [4.78, 5) is 15.0. The number of nitriles is 1. The van der Waals surface area contributed by atoms with Gasteiger partial charge in [-0.05, 0) is 25.0 Å². The van der Waals surface area contributed by atoms with E-state index in [1.807, 2.05) is 18.3 Å². The van der Waals surface area contributed by atoms with Gasteiger partial charge >= 0.3 is 0 Å². The molecule has 0 atom stereocenters. The first-order chi connectivity index (χ1) is 8.00. The van der Waals surface area contributed by atoms with E-state index in [0.717, 1.165) is 5.69 Å². The zero-order chi connectivity index (χ0) is 12.5. The fourth-order valence-corrected chi connectivity index (χ4v) is 1.83. The zero-order valence-corrected chi connectivity index (χ0v) is 10.2. The number of aromatic nitrogens is 1. The second kappa shape index (κ2) is 3.92. The molecule has 2 rings (SSSR count). The average Bonchev–Trinajstić information content (AvgIpc) is 2.90.